The highest BCUT2D eigenvalue weighted by Gasteiger charge is 2.17. The van der Waals surface area contributed by atoms with E-state index < -0.39 is 0 Å². The molecule has 2 aliphatic rings. The topological polar surface area (TPSA) is 79.2 Å². The number of hydrogen-bond acceptors (Lipinski definition) is 6. The molecule has 1 aliphatic carbocycles. The van der Waals surface area contributed by atoms with E-state index in [-0.39, 0.29) is 5.91 Å². The van der Waals surface area contributed by atoms with Crippen molar-refractivity contribution in [2.24, 2.45) is 0 Å². The maximum Gasteiger partial charge on any atom is 0.257 e. The van der Waals surface area contributed by atoms with E-state index in [0.29, 0.717) is 11.4 Å². The SMILES string of the molecule is CN1CCN(c2cc(C(=O)Nc3cc4cc(-c5cnn(C6=CC6)c5)ccc4cn3)ccn2)CC1. The summed E-state index contributed by atoms with van der Waals surface area (Å²) in [4.78, 5) is 26.4. The van der Waals surface area contributed by atoms with Gasteiger partial charge in [-0.05, 0) is 42.3 Å². The van der Waals surface area contributed by atoms with Crippen LogP contribution in [-0.4, -0.2) is 63.8 Å². The average molecular weight is 452 g/mol. The van der Waals surface area contributed by atoms with Gasteiger partial charge in [0.15, 0.2) is 0 Å². The van der Waals surface area contributed by atoms with Crippen molar-refractivity contribution in [3.05, 3.63) is 72.8 Å². The van der Waals surface area contributed by atoms with Crippen LogP contribution in [0.25, 0.3) is 27.6 Å². The van der Waals surface area contributed by atoms with Gasteiger partial charge in [0.2, 0.25) is 0 Å². The van der Waals surface area contributed by atoms with Crippen molar-refractivity contribution in [2.45, 2.75) is 6.42 Å². The van der Waals surface area contributed by atoms with E-state index in [1.807, 2.05) is 35.3 Å². The lowest BCUT2D eigenvalue weighted by atomic mass is 10.1. The van der Waals surface area contributed by atoms with Gasteiger partial charge < -0.3 is 15.1 Å². The minimum absolute atomic E-state index is 0.195. The zero-order valence-electron chi connectivity index (χ0n) is 19.0. The van der Waals surface area contributed by atoms with Crippen molar-refractivity contribution in [2.75, 3.05) is 43.4 Å². The molecule has 0 spiro atoms. The van der Waals surface area contributed by atoms with Crippen LogP contribution in [0.2, 0.25) is 0 Å². The van der Waals surface area contributed by atoms with E-state index >= 15 is 0 Å². The minimum Gasteiger partial charge on any atom is -0.354 e. The third kappa shape index (κ3) is 4.15. The van der Waals surface area contributed by atoms with E-state index in [4.69, 9.17) is 0 Å². The van der Waals surface area contributed by atoms with Crippen LogP contribution >= 0.6 is 0 Å². The van der Waals surface area contributed by atoms with Gasteiger partial charge in [-0.3, -0.25) is 4.79 Å². The van der Waals surface area contributed by atoms with Gasteiger partial charge in [0, 0.05) is 73.4 Å². The van der Waals surface area contributed by atoms with E-state index in [2.05, 4.69) is 55.4 Å². The largest absolute Gasteiger partial charge is 0.354 e. The summed E-state index contributed by atoms with van der Waals surface area (Å²) in [6, 6.07) is 11.7. The van der Waals surface area contributed by atoms with Crippen molar-refractivity contribution in [1.82, 2.24) is 24.6 Å². The Kier molecular flexibility index (Phi) is 5.07. The Morgan fingerprint density at radius 1 is 0.941 bits per heavy atom. The van der Waals surface area contributed by atoms with Gasteiger partial charge >= 0.3 is 0 Å². The number of carbonyl (C=O) groups excluding carboxylic acids is 1. The first-order chi connectivity index (χ1) is 16.6. The van der Waals surface area contributed by atoms with E-state index in [1.54, 1.807) is 18.5 Å². The van der Waals surface area contributed by atoms with Crippen LogP contribution in [0.4, 0.5) is 11.6 Å². The highest BCUT2D eigenvalue weighted by atomic mass is 16.1. The summed E-state index contributed by atoms with van der Waals surface area (Å²) >= 11 is 0. The van der Waals surface area contributed by atoms with Crippen molar-refractivity contribution in [3.63, 3.8) is 0 Å². The van der Waals surface area contributed by atoms with Crippen LogP contribution in [0, 0.1) is 0 Å². The standard InChI is InChI=1S/C26H25N7O/c1-31-8-10-32(11-9-31)25-14-19(6-7-27-25)26(34)30-24-13-21-12-18(2-3-20(21)15-28-24)22-16-29-33(17-22)23-4-5-23/h2-4,6-7,12-17H,5,8-11H2,1H3,(H,28,30,34). The Labute approximate surface area is 197 Å². The predicted molar refractivity (Wildman–Crippen MR) is 134 cm³/mol. The van der Waals surface area contributed by atoms with Crippen molar-refractivity contribution in [3.8, 4) is 11.1 Å². The van der Waals surface area contributed by atoms with Gasteiger partial charge in [0.05, 0.1) is 6.20 Å². The van der Waals surface area contributed by atoms with Gasteiger partial charge in [-0.25, -0.2) is 14.6 Å². The van der Waals surface area contributed by atoms with Crippen LogP contribution in [0.3, 0.4) is 0 Å². The number of benzene rings is 1. The molecule has 1 aromatic carbocycles. The molecule has 1 fully saturated rings. The molecule has 0 bridgehead atoms. The van der Waals surface area contributed by atoms with Gasteiger partial charge in [-0.15, -0.1) is 0 Å². The van der Waals surface area contributed by atoms with E-state index in [9.17, 15) is 4.79 Å². The number of carbonyl (C=O) groups is 1. The lowest BCUT2D eigenvalue weighted by molar-refractivity contribution is 0.102. The molecule has 0 atom stereocenters. The molecule has 1 saturated heterocycles. The summed E-state index contributed by atoms with van der Waals surface area (Å²) in [5.74, 6) is 1.16. The third-order valence-electron chi connectivity index (χ3n) is 6.40. The second-order valence-electron chi connectivity index (χ2n) is 8.85. The first-order valence-corrected chi connectivity index (χ1v) is 11.5. The summed E-state index contributed by atoms with van der Waals surface area (Å²) in [5, 5.41) is 9.41. The molecule has 1 N–H and O–H groups in total. The zero-order chi connectivity index (χ0) is 23.1. The fraction of sp³-hybridized carbons (Fsp3) is 0.231. The first-order valence-electron chi connectivity index (χ1n) is 11.5. The van der Waals surface area contributed by atoms with Crippen LogP contribution < -0.4 is 10.2 Å². The molecule has 3 aromatic heterocycles. The molecule has 6 rings (SSSR count). The normalized spacial score (nSPS) is 15.9. The lowest BCUT2D eigenvalue weighted by Crippen LogP contribution is -2.44. The maximum absolute atomic E-state index is 13.0. The van der Waals surface area contributed by atoms with E-state index in [1.165, 1.54) is 5.70 Å². The number of nitrogens with one attached hydrogen (secondary N) is 1. The molecule has 4 aromatic rings. The Morgan fingerprint density at radius 3 is 2.62 bits per heavy atom. The number of anilines is 2. The molecule has 1 amide bonds. The Bertz CT molecular complexity index is 1420. The summed E-state index contributed by atoms with van der Waals surface area (Å²) in [7, 11) is 2.12. The highest BCUT2D eigenvalue weighted by molar-refractivity contribution is 6.05. The molecule has 8 heteroatoms. The number of allylic oxidation sites excluding steroid dienone is 2. The zero-order valence-corrected chi connectivity index (χ0v) is 19.0. The Hall–Kier alpha value is -4.04. The van der Waals surface area contributed by atoms with Crippen LogP contribution in [0.1, 0.15) is 16.8 Å². The second-order valence-corrected chi connectivity index (χ2v) is 8.85. The molecule has 0 radical (unpaired) electrons. The molecular weight excluding hydrogens is 426 g/mol. The molecule has 0 unspecified atom stereocenters. The summed E-state index contributed by atoms with van der Waals surface area (Å²) in [6.07, 6.45) is 10.6. The average Bonchev–Trinajstić information content (AvgIpc) is 3.60. The summed E-state index contributed by atoms with van der Waals surface area (Å²) in [5.41, 5.74) is 3.94. The number of nitrogens with zero attached hydrogens (tertiary/aromatic N) is 6. The Balaban J connectivity index is 1.21. The lowest BCUT2D eigenvalue weighted by Gasteiger charge is -2.33. The smallest absolute Gasteiger partial charge is 0.257 e. The van der Waals surface area contributed by atoms with Crippen molar-refractivity contribution < 1.29 is 4.79 Å². The van der Waals surface area contributed by atoms with Crippen molar-refractivity contribution in [1.29, 1.82) is 0 Å². The van der Waals surface area contributed by atoms with Gasteiger partial charge in [0.1, 0.15) is 11.6 Å². The minimum atomic E-state index is -0.195. The monoisotopic (exact) mass is 451 g/mol. The molecule has 4 heterocycles. The number of piperazine rings is 1. The molecule has 1 aliphatic heterocycles. The molecule has 0 saturated carbocycles. The second kappa shape index (κ2) is 8.39. The van der Waals surface area contributed by atoms with E-state index in [0.717, 1.165) is 60.3 Å². The molecule has 170 valence electrons. The number of amides is 1. The fourth-order valence-electron chi connectivity index (χ4n) is 4.21. The molecule has 8 nitrogen and oxygen atoms in total. The maximum atomic E-state index is 13.0. The van der Waals surface area contributed by atoms with Gasteiger partial charge in [0.25, 0.3) is 5.91 Å². The predicted octanol–water partition coefficient (Wildman–Crippen LogP) is 3.74. The highest BCUT2D eigenvalue weighted by Crippen LogP contribution is 2.29. The quantitative estimate of drug-likeness (QED) is 0.498. The molecular formula is C26H25N7O. The summed E-state index contributed by atoms with van der Waals surface area (Å²) < 4.78 is 1.92. The number of pyridine rings is 2. The van der Waals surface area contributed by atoms with Crippen molar-refractivity contribution >= 4 is 34.0 Å². The van der Waals surface area contributed by atoms with Gasteiger partial charge in [-0.2, -0.15) is 5.10 Å². The number of fused-ring (bicyclic) bond motifs is 1. The number of aromatic nitrogens is 4. The number of likely N-dealkylation sites (N-methyl/N-ethyl adjacent to an activating group) is 1. The third-order valence-corrected chi connectivity index (χ3v) is 6.40. The van der Waals surface area contributed by atoms with Crippen LogP contribution in [0.5, 0.6) is 0 Å². The number of rotatable bonds is 5. The fourth-order valence-corrected chi connectivity index (χ4v) is 4.21. The Morgan fingerprint density at radius 2 is 1.79 bits per heavy atom. The van der Waals surface area contributed by atoms with Crippen LogP contribution in [-0.2, 0) is 0 Å². The number of hydrogen-bond donors (Lipinski definition) is 1. The van der Waals surface area contributed by atoms with Crippen LogP contribution in [0.15, 0.2) is 67.3 Å². The van der Waals surface area contributed by atoms with Gasteiger partial charge in [-0.1, -0.05) is 18.2 Å². The molecule has 34 heavy (non-hydrogen) atoms. The summed E-state index contributed by atoms with van der Waals surface area (Å²) in [6.45, 7) is 3.78. The first kappa shape index (κ1) is 20.6.